The predicted octanol–water partition coefficient (Wildman–Crippen LogP) is 6.11. The fourth-order valence-electron chi connectivity index (χ4n) is 3.46. The molecule has 25 heavy (non-hydrogen) atoms. The van der Waals surface area contributed by atoms with Crippen LogP contribution in [-0.4, -0.2) is 4.98 Å². The van der Waals surface area contributed by atoms with Gasteiger partial charge in [-0.15, -0.1) is 0 Å². The number of hydrogen-bond donors (Lipinski definition) is 0. The first-order chi connectivity index (χ1) is 12.2. The fourth-order valence-corrected chi connectivity index (χ4v) is 3.46. The van der Waals surface area contributed by atoms with Crippen molar-refractivity contribution in [3.8, 4) is 11.1 Å². The molecule has 3 aromatic carbocycles. The summed E-state index contributed by atoms with van der Waals surface area (Å²) in [6.45, 7) is 4.30. The summed E-state index contributed by atoms with van der Waals surface area (Å²) < 4.78 is 0. The van der Waals surface area contributed by atoms with Gasteiger partial charge in [0, 0.05) is 17.4 Å². The van der Waals surface area contributed by atoms with E-state index in [0.717, 1.165) is 17.6 Å². The molecule has 0 saturated carbocycles. The highest BCUT2D eigenvalue weighted by Gasteiger charge is 2.11. The van der Waals surface area contributed by atoms with Crippen molar-refractivity contribution in [1.82, 2.24) is 4.98 Å². The van der Waals surface area contributed by atoms with Crippen LogP contribution in [0.25, 0.3) is 22.0 Å². The smallest absolute Gasteiger partial charge is 0.0711 e. The molecule has 1 aromatic heterocycles. The second-order valence-corrected chi connectivity index (χ2v) is 6.66. The van der Waals surface area contributed by atoms with E-state index in [9.17, 15) is 0 Å². The Morgan fingerprint density at radius 1 is 0.760 bits per heavy atom. The number of hydrogen-bond acceptors (Lipinski definition) is 1. The third-order valence-electron chi connectivity index (χ3n) is 4.66. The number of nitrogens with zero attached hydrogens (tertiary/aromatic N) is 1. The topological polar surface area (TPSA) is 12.9 Å². The number of fused-ring (bicyclic) bond motifs is 1. The highest BCUT2D eigenvalue weighted by Crippen LogP contribution is 2.30. The van der Waals surface area contributed by atoms with Crippen LogP contribution in [0.15, 0.2) is 78.9 Å². The van der Waals surface area contributed by atoms with E-state index in [1.54, 1.807) is 0 Å². The molecule has 1 nitrogen and oxygen atoms in total. The quantitative estimate of drug-likeness (QED) is 0.443. The molecule has 122 valence electrons. The molecule has 0 saturated heterocycles. The Morgan fingerprint density at radius 2 is 1.44 bits per heavy atom. The molecule has 4 rings (SSSR count). The molecule has 0 aliphatic rings. The maximum Gasteiger partial charge on any atom is 0.0711 e. The summed E-state index contributed by atoms with van der Waals surface area (Å²) in [6, 6.07) is 27.9. The Kier molecular flexibility index (Phi) is 4.07. The summed E-state index contributed by atoms with van der Waals surface area (Å²) >= 11 is 0. The van der Waals surface area contributed by atoms with Crippen LogP contribution in [0.5, 0.6) is 0 Å². The van der Waals surface area contributed by atoms with Gasteiger partial charge in [-0.3, -0.25) is 4.98 Å². The zero-order valence-corrected chi connectivity index (χ0v) is 14.7. The van der Waals surface area contributed by atoms with Crippen molar-refractivity contribution in [1.29, 1.82) is 0 Å². The van der Waals surface area contributed by atoms with Gasteiger partial charge >= 0.3 is 0 Å². The lowest BCUT2D eigenvalue weighted by Crippen LogP contribution is -1.98. The average Bonchev–Trinajstić information content (AvgIpc) is 2.63. The lowest BCUT2D eigenvalue weighted by molar-refractivity contribution is 1.10. The van der Waals surface area contributed by atoms with Gasteiger partial charge in [0.1, 0.15) is 0 Å². The van der Waals surface area contributed by atoms with Crippen LogP contribution in [-0.2, 0) is 6.42 Å². The van der Waals surface area contributed by atoms with Gasteiger partial charge in [0.05, 0.1) is 11.2 Å². The third kappa shape index (κ3) is 3.18. The molecule has 1 heterocycles. The molecule has 0 fully saturated rings. The minimum absolute atomic E-state index is 0.841. The van der Waals surface area contributed by atoms with Crippen molar-refractivity contribution in [3.05, 3.63) is 101 Å². The van der Waals surface area contributed by atoms with Crippen molar-refractivity contribution >= 4 is 10.9 Å². The molecule has 4 aromatic rings. The van der Waals surface area contributed by atoms with E-state index in [4.69, 9.17) is 4.98 Å². The largest absolute Gasteiger partial charge is 0.252 e. The van der Waals surface area contributed by atoms with E-state index in [1.165, 1.54) is 33.2 Å². The van der Waals surface area contributed by atoms with Gasteiger partial charge in [-0.05, 0) is 48.2 Å². The summed E-state index contributed by atoms with van der Waals surface area (Å²) in [5.74, 6) is 0. The molecule has 0 radical (unpaired) electrons. The summed E-state index contributed by atoms with van der Waals surface area (Å²) in [5.41, 5.74) is 8.50. The summed E-state index contributed by atoms with van der Waals surface area (Å²) in [7, 11) is 0. The molecular formula is C24H21N. The van der Waals surface area contributed by atoms with Crippen LogP contribution in [0.3, 0.4) is 0 Å². The Hall–Kier alpha value is -2.93. The van der Waals surface area contributed by atoms with Crippen LogP contribution in [0, 0.1) is 13.8 Å². The minimum atomic E-state index is 0.841. The minimum Gasteiger partial charge on any atom is -0.252 e. The SMILES string of the molecule is Cc1cc(C)c2cc(-c3ccccc3)c(Cc3ccccc3)nc2c1. The third-order valence-corrected chi connectivity index (χ3v) is 4.66. The molecule has 1 heteroatoms. The number of aryl methyl sites for hydroxylation is 2. The van der Waals surface area contributed by atoms with Crippen molar-refractivity contribution in [2.24, 2.45) is 0 Å². The van der Waals surface area contributed by atoms with Crippen molar-refractivity contribution in [3.63, 3.8) is 0 Å². The Labute approximate surface area is 149 Å². The van der Waals surface area contributed by atoms with Crippen LogP contribution in [0.1, 0.15) is 22.4 Å². The standard InChI is InChI=1S/C24H21N/c1-17-13-18(2)21-16-22(20-11-7-4-8-12-20)24(25-23(21)14-17)15-19-9-5-3-6-10-19/h3-14,16H,15H2,1-2H3. The van der Waals surface area contributed by atoms with Gasteiger partial charge in [0.15, 0.2) is 0 Å². The number of aromatic nitrogens is 1. The first-order valence-electron chi connectivity index (χ1n) is 8.71. The van der Waals surface area contributed by atoms with E-state index < -0.39 is 0 Å². The molecule has 0 spiro atoms. The molecule has 0 unspecified atom stereocenters. The second-order valence-electron chi connectivity index (χ2n) is 6.66. The average molecular weight is 323 g/mol. The summed E-state index contributed by atoms with van der Waals surface area (Å²) in [4.78, 5) is 5.07. The lowest BCUT2D eigenvalue weighted by Gasteiger charge is -2.13. The van der Waals surface area contributed by atoms with Gasteiger partial charge in [0.2, 0.25) is 0 Å². The molecule has 0 N–H and O–H groups in total. The van der Waals surface area contributed by atoms with Crippen molar-refractivity contribution < 1.29 is 0 Å². The second kappa shape index (κ2) is 6.52. The number of benzene rings is 3. The molecule has 0 aliphatic carbocycles. The van der Waals surface area contributed by atoms with E-state index in [-0.39, 0.29) is 0 Å². The molecule has 0 amide bonds. The van der Waals surface area contributed by atoms with Crippen LogP contribution >= 0.6 is 0 Å². The van der Waals surface area contributed by atoms with E-state index in [1.807, 2.05) is 0 Å². The van der Waals surface area contributed by atoms with Gasteiger partial charge in [0.25, 0.3) is 0 Å². The van der Waals surface area contributed by atoms with Gasteiger partial charge in [-0.25, -0.2) is 0 Å². The highest BCUT2D eigenvalue weighted by molar-refractivity contribution is 5.88. The summed E-state index contributed by atoms with van der Waals surface area (Å²) in [6.07, 6.45) is 0.841. The maximum absolute atomic E-state index is 5.07. The Morgan fingerprint density at radius 3 is 2.16 bits per heavy atom. The Bertz CT molecular complexity index is 1020. The molecule has 0 bridgehead atoms. The molecule has 0 aliphatic heterocycles. The maximum atomic E-state index is 5.07. The van der Waals surface area contributed by atoms with E-state index >= 15 is 0 Å². The van der Waals surface area contributed by atoms with Gasteiger partial charge in [-0.1, -0.05) is 66.7 Å². The van der Waals surface area contributed by atoms with Crippen LogP contribution in [0.2, 0.25) is 0 Å². The fraction of sp³-hybridized carbons (Fsp3) is 0.125. The number of rotatable bonds is 3. The zero-order valence-electron chi connectivity index (χ0n) is 14.7. The van der Waals surface area contributed by atoms with Crippen LogP contribution in [0.4, 0.5) is 0 Å². The Balaban J connectivity index is 1.94. The summed E-state index contributed by atoms with van der Waals surface area (Å²) in [5, 5.41) is 1.24. The lowest BCUT2D eigenvalue weighted by atomic mass is 9.96. The number of pyridine rings is 1. The zero-order chi connectivity index (χ0) is 17.2. The van der Waals surface area contributed by atoms with Gasteiger partial charge in [-0.2, -0.15) is 0 Å². The monoisotopic (exact) mass is 323 g/mol. The predicted molar refractivity (Wildman–Crippen MR) is 106 cm³/mol. The van der Waals surface area contributed by atoms with Crippen molar-refractivity contribution in [2.45, 2.75) is 20.3 Å². The van der Waals surface area contributed by atoms with E-state index in [2.05, 4.69) is 92.7 Å². The van der Waals surface area contributed by atoms with Gasteiger partial charge < -0.3 is 0 Å². The van der Waals surface area contributed by atoms with Crippen molar-refractivity contribution in [2.75, 3.05) is 0 Å². The first-order valence-corrected chi connectivity index (χ1v) is 8.71. The van der Waals surface area contributed by atoms with Crippen LogP contribution < -0.4 is 0 Å². The normalized spacial score (nSPS) is 11.0. The first kappa shape index (κ1) is 15.6. The van der Waals surface area contributed by atoms with E-state index in [0.29, 0.717) is 0 Å². The molecule has 0 atom stereocenters. The highest BCUT2D eigenvalue weighted by atomic mass is 14.7. The molecular weight excluding hydrogens is 302 g/mol.